The summed E-state index contributed by atoms with van der Waals surface area (Å²) in [5.41, 5.74) is 0.0492. The summed E-state index contributed by atoms with van der Waals surface area (Å²) in [6.07, 6.45) is 2.35. The number of imide groups is 1. The van der Waals surface area contributed by atoms with Crippen molar-refractivity contribution in [2.45, 2.75) is 29.7 Å². The maximum atomic E-state index is 13.4. The maximum absolute atomic E-state index is 13.4. The molecule has 33 heavy (non-hydrogen) atoms. The van der Waals surface area contributed by atoms with Gasteiger partial charge in [-0.25, -0.2) is 18.1 Å². The van der Waals surface area contributed by atoms with Gasteiger partial charge in [-0.15, -0.1) is 11.3 Å². The highest BCUT2D eigenvalue weighted by Gasteiger charge is 2.54. The normalized spacial score (nSPS) is 24.0. The largest absolute Gasteiger partial charge is 0.326 e. The van der Waals surface area contributed by atoms with Gasteiger partial charge in [0.1, 0.15) is 11.6 Å². The molecule has 1 aromatic heterocycles. The summed E-state index contributed by atoms with van der Waals surface area (Å²) in [4.78, 5) is 30.5. The van der Waals surface area contributed by atoms with Crippen molar-refractivity contribution in [3.8, 4) is 6.07 Å². The Bertz CT molecular complexity index is 1260. The van der Waals surface area contributed by atoms with Crippen LogP contribution in [-0.4, -0.2) is 67.3 Å². The van der Waals surface area contributed by atoms with Gasteiger partial charge in [0.15, 0.2) is 0 Å². The highest BCUT2D eigenvalue weighted by Crippen LogP contribution is 2.42. The molecule has 0 radical (unpaired) electrons. The number of sulfonamides is 1. The average Bonchev–Trinajstić information content (AvgIpc) is 3.40. The highest BCUT2D eigenvalue weighted by atomic mass is 32.2. The fourth-order valence-electron chi connectivity index (χ4n) is 4.90. The van der Waals surface area contributed by atoms with Crippen LogP contribution in [0.5, 0.6) is 0 Å². The first-order chi connectivity index (χ1) is 15.9. The Morgan fingerprint density at radius 2 is 1.88 bits per heavy atom. The Labute approximate surface area is 196 Å². The number of piperazine rings is 1. The fraction of sp³-hybridized carbons (Fsp3) is 0.409. The quantitative estimate of drug-likeness (QED) is 0.659. The minimum atomic E-state index is -3.80. The first-order valence-corrected chi connectivity index (χ1v) is 13.1. The molecule has 2 aliphatic heterocycles. The third-order valence-corrected chi connectivity index (χ3v) is 9.57. The predicted molar refractivity (Wildman–Crippen MR) is 121 cm³/mol. The first-order valence-electron chi connectivity index (χ1n) is 10.8. The molecule has 1 spiro atoms. The van der Waals surface area contributed by atoms with Gasteiger partial charge in [0.2, 0.25) is 10.0 Å². The van der Waals surface area contributed by atoms with Crippen molar-refractivity contribution in [1.29, 1.82) is 5.26 Å². The van der Waals surface area contributed by atoms with Crippen LogP contribution in [0.2, 0.25) is 0 Å². The molecule has 2 fully saturated rings. The standard InChI is InChI=1S/C22H23N5O4S2/c23-14-16-4-1-2-6-19(16)33(30,31)26-11-9-25(10-12-26)15-27-20(28)22(24-21(27)29)8-3-5-18-17(22)7-13-32-18/h1-2,4,6-7,13H,3,5,8-12,15H2,(H,24,29). The number of carbonyl (C=O) groups excluding carboxylic acids is 2. The second-order valence-corrected chi connectivity index (χ2v) is 11.4. The van der Waals surface area contributed by atoms with Gasteiger partial charge in [0, 0.05) is 36.6 Å². The van der Waals surface area contributed by atoms with Gasteiger partial charge in [-0.1, -0.05) is 12.1 Å². The second-order valence-electron chi connectivity index (χ2n) is 8.45. The highest BCUT2D eigenvalue weighted by molar-refractivity contribution is 7.89. The zero-order valence-corrected chi connectivity index (χ0v) is 19.5. The zero-order valence-electron chi connectivity index (χ0n) is 17.9. The van der Waals surface area contributed by atoms with E-state index >= 15 is 0 Å². The molecular weight excluding hydrogens is 462 g/mol. The van der Waals surface area contributed by atoms with E-state index in [2.05, 4.69) is 5.32 Å². The second kappa shape index (κ2) is 8.22. The minimum absolute atomic E-state index is 0.000792. The van der Waals surface area contributed by atoms with E-state index in [1.165, 1.54) is 21.3 Å². The van der Waals surface area contributed by atoms with E-state index < -0.39 is 21.6 Å². The first kappa shape index (κ1) is 22.0. The smallest absolute Gasteiger partial charge is 0.319 e. The number of carbonyl (C=O) groups is 2. The lowest BCUT2D eigenvalue weighted by Crippen LogP contribution is -2.53. The number of urea groups is 1. The molecule has 0 saturated carbocycles. The van der Waals surface area contributed by atoms with Crippen molar-refractivity contribution < 1.29 is 18.0 Å². The van der Waals surface area contributed by atoms with Crippen molar-refractivity contribution >= 4 is 33.3 Å². The summed E-state index contributed by atoms with van der Waals surface area (Å²) in [6, 6.07) is 9.62. The van der Waals surface area contributed by atoms with E-state index in [1.807, 2.05) is 22.4 Å². The van der Waals surface area contributed by atoms with E-state index in [-0.39, 0.29) is 36.1 Å². The van der Waals surface area contributed by atoms with Crippen LogP contribution in [0.25, 0.3) is 0 Å². The van der Waals surface area contributed by atoms with Crippen LogP contribution in [-0.2, 0) is 26.8 Å². The van der Waals surface area contributed by atoms with Crippen LogP contribution in [0.1, 0.15) is 28.8 Å². The molecule has 3 amide bonds. The van der Waals surface area contributed by atoms with E-state index in [0.29, 0.717) is 19.5 Å². The van der Waals surface area contributed by atoms with Gasteiger partial charge in [-0.05, 0) is 42.8 Å². The van der Waals surface area contributed by atoms with Gasteiger partial charge < -0.3 is 5.32 Å². The van der Waals surface area contributed by atoms with Gasteiger partial charge in [-0.2, -0.15) is 9.57 Å². The molecule has 0 bridgehead atoms. The Morgan fingerprint density at radius 3 is 2.64 bits per heavy atom. The lowest BCUT2D eigenvalue weighted by atomic mass is 9.80. The molecule has 11 heteroatoms. The number of rotatable bonds is 4. The third-order valence-electron chi connectivity index (χ3n) is 6.63. The van der Waals surface area contributed by atoms with Crippen molar-refractivity contribution in [1.82, 2.24) is 19.4 Å². The van der Waals surface area contributed by atoms with E-state index in [1.54, 1.807) is 23.5 Å². The topological polar surface area (TPSA) is 114 Å². The van der Waals surface area contributed by atoms with E-state index in [4.69, 9.17) is 0 Å². The number of hydrogen-bond donors (Lipinski definition) is 1. The number of nitrogens with zero attached hydrogens (tertiary/aromatic N) is 4. The number of amides is 3. The van der Waals surface area contributed by atoms with Gasteiger partial charge in [0.25, 0.3) is 5.91 Å². The van der Waals surface area contributed by atoms with Crippen LogP contribution in [0.3, 0.4) is 0 Å². The van der Waals surface area contributed by atoms with E-state index in [0.717, 1.165) is 23.3 Å². The molecular formula is C22H23N5O4S2. The van der Waals surface area contributed by atoms with Gasteiger partial charge in [-0.3, -0.25) is 9.69 Å². The third kappa shape index (κ3) is 3.54. The number of nitriles is 1. The molecule has 3 heterocycles. The van der Waals surface area contributed by atoms with E-state index in [9.17, 15) is 23.3 Å². The fourth-order valence-corrected chi connectivity index (χ4v) is 7.47. The predicted octanol–water partition coefficient (Wildman–Crippen LogP) is 1.67. The molecule has 5 rings (SSSR count). The summed E-state index contributed by atoms with van der Waals surface area (Å²) in [5.74, 6) is -0.232. The monoisotopic (exact) mass is 485 g/mol. The molecule has 172 valence electrons. The molecule has 2 saturated heterocycles. The number of benzene rings is 1. The number of hydrogen-bond acceptors (Lipinski definition) is 7. The van der Waals surface area contributed by atoms with Crippen LogP contribution in [0.15, 0.2) is 40.6 Å². The van der Waals surface area contributed by atoms with Crippen molar-refractivity contribution in [2.75, 3.05) is 32.8 Å². The van der Waals surface area contributed by atoms with Crippen molar-refractivity contribution in [3.63, 3.8) is 0 Å². The molecule has 1 aliphatic carbocycles. The zero-order chi connectivity index (χ0) is 23.2. The minimum Gasteiger partial charge on any atom is -0.319 e. The Kier molecular flexibility index (Phi) is 5.49. The number of fused-ring (bicyclic) bond motifs is 2. The van der Waals surface area contributed by atoms with Gasteiger partial charge >= 0.3 is 6.03 Å². The number of nitrogens with one attached hydrogen (secondary N) is 1. The van der Waals surface area contributed by atoms with Crippen molar-refractivity contribution in [3.05, 3.63) is 51.7 Å². The summed E-state index contributed by atoms with van der Waals surface area (Å²) in [5, 5.41) is 14.2. The Hall–Kier alpha value is -2.78. The van der Waals surface area contributed by atoms with Crippen LogP contribution < -0.4 is 5.32 Å². The van der Waals surface area contributed by atoms with Crippen LogP contribution in [0.4, 0.5) is 4.79 Å². The summed E-state index contributed by atoms with van der Waals surface area (Å²) >= 11 is 1.61. The molecule has 2 aromatic rings. The molecule has 1 unspecified atom stereocenters. The number of aryl methyl sites for hydroxylation is 1. The lowest BCUT2D eigenvalue weighted by Gasteiger charge is -2.36. The SMILES string of the molecule is N#Cc1ccccc1S(=O)(=O)N1CCN(CN2C(=O)NC3(CCCc4sccc43)C2=O)CC1. The van der Waals surface area contributed by atoms with Gasteiger partial charge in [0.05, 0.1) is 17.1 Å². The maximum Gasteiger partial charge on any atom is 0.326 e. The summed E-state index contributed by atoms with van der Waals surface area (Å²) < 4.78 is 27.4. The molecule has 1 atom stereocenters. The molecule has 1 aromatic carbocycles. The average molecular weight is 486 g/mol. The summed E-state index contributed by atoms with van der Waals surface area (Å²) in [7, 11) is -3.80. The van der Waals surface area contributed by atoms with Crippen LogP contribution >= 0.6 is 11.3 Å². The Balaban J connectivity index is 1.27. The lowest BCUT2D eigenvalue weighted by molar-refractivity contribution is -0.133. The van der Waals surface area contributed by atoms with Crippen molar-refractivity contribution in [2.24, 2.45) is 0 Å². The molecule has 3 aliphatic rings. The molecule has 9 nitrogen and oxygen atoms in total. The van der Waals surface area contributed by atoms with Crippen LogP contribution in [0, 0.1) is 11.3 Å². The Morgan fingerprint density at radius 1 is 1.12 bits per heavy atom. The number of thiophene rings is 1. The molecule has 1 N–H and O–H groups in total. The summed E-state index contributed by atoms with van der Waals surface area (Å²) in [6.45, 7) is 1.30.